The van der Waals surface area contributed by atoms with Crippen molar-refractivity contribution in [3.63, 3.8) is 0 Å². The first-order valence-corrected chi connectivity index (χ1v) is 6.60. The minimum atomic E-state index is 0.105. The van der Waals surface area contributed by atoms with Gasteiger partial charge in [0.2, 0.25) is 0 Å². The Balaban J connectivity index is 2.30. The Labute approximate surface area is 110 Å². The van der Waals surface area contributed by atoms with Gasteiger partial charge in [-0.25, -0.2) is 0 Å². The van der Waals surface area contributed by atoms with Crippen molar-refractivity contribution in [2.24, 2.45) is 0 Å². The Morgan fingerprint density at radius 3 is 2.78 bits per heavy atom. The van der Waals surface area contributed by atoms with Gasteiger partial charge in [-0.3, -0.25) is 4.98 Å². The number of hydrogen-bond donors (Lipinski definition) is 1. The third kappa shape index (κ3) is 6.10. The van der Waals surface area contributed by atoms with E-state index in [0.717, 1.165) is 25.4 Å². The molecule has 4 heteroatoms. The maximum absolute atomic E-state index is 5.65. The van der Waals surface area contributed by atoms with Crippen LogP contribution >= 0.6 is 0 Å². The first-order valence-electron chi connectivity index (χ1n) is 6.60. The molecule has 0 aromatic carbocycles. The molecule has 0 saturated carbocycles. The Bertz CT molecular complexity index is 314. The second-order valence-corrected chi connectivity index (χ2v) is 4.22. The van der Waals surface area contributed by atoms with Gasteiger partial charge in [0.05, 0.1) is 25.0 Å². The van der Waals surface area contributed by atoms with E-state index < -0.39 is 0 Å². The second kappa shape index (κ2) is 9.03. The summed E-state index contributed by atoms with van der Waals surface area (Å²) in [5, 5.41) is 3.27. The van der Waals surface area contributed by atoms with Gasteiger partial charge in [0, 0.05) is 19.3 Å². The van der Waals surface area contributed by atoms with Crippen LogP contribution < -0.4 is 5.32 Å². The molecule has 0 bridgehead atoms. The smallest absolute Gasteiger partial charge is 0.0892 e. The zero-order valence-electron chi connectivity index (χ0n) is 11.6. The molecule has 0 amide bonds. The lowest BCUT2D eigenvalue weighted by Gasteiger charge is -2.12. The number of aromatic nitrogens is 1. The van der Waals surface area contributed by atoms with Crippen molar-refractivity contribution >= 4 is 0 Å². The van der Waals surface area contributed by atoms with Gasteiger partial charge in [0.15, 0.2) is 0 Å². The van der Waals surface area contributed by atoms with Crippen molar-refractivity contribution in [2.75, 3.05) is 19.8 Å². The molecule has 1 aromatic heterocycles. The average molecular weight is 252 g/mol. The number of nitrogens with zero attached hydrogens (tertiary/aromatic N) is 1. The summed E-state index contributed by atoms with van der Waals surface area (Å²) >= 11 is 0. The fraction of sp³-hybridized carbons (Fsp3) is 0.643. The highest BCUT2D eigenvalue weighted by atomic mass is 16.5. The SMILES string of the molecule is CCNCc1ccc(COC(C)COCC)nc1. The fourth-order valence-corrected chi connectivity index (χ4v) is 1.47. The van der Waals surface area contributed by atoms with Crippen LogP contribution in [0.15, 0.2) is 18.3 Å². The van der Waals surface area contributed by atoms with Crippen molar-refractivity contribution in [3.05, 3.63) is 29.6 Å². The molecular formula is C14H24N2O2. The molecule has 0 aliphatic heterocycles. The van der Waals surface area contributed by atoms with Crippen LogP contribution in [0.5, 0.6) is 0 Å². The summed E-state index contributed by atoms with van der Waals surface area (Å²) < 4.78 is 10.9. The lowest BCUT2D eigenvalue weighted by atomic mass is 10.2. The Hall–Kier alpha value is -0.970. The Kier molecular flexibility index (Phi) is 7.57. The van der Waals surface area contributed by atoms with Gasteiger partial charge >= 0.3 is 0 Å². The molecule has 102 valence electrons. The van der Waals surface area contributed by atoms with Crippen LogP contribution in [0, 0.1) is 0 Å². The normalized spacial score (nSPS) is 12.6. The highest BCUT2D eigenvalue weighted by Crippen LogP contribution is 2.04. The van der Waals surface area contributed by atoms with Crippen LogP contribution in [-0.4, -0.2) is 30.8 Å². The molecule has 18 heavy (non-hydrogen) atoms. The Morgan fingerprint density at radius 2 is 2.17 bits per heavy atom. The van der Waals surface area contributed by atoms with Crippen molar-refractivity contribution in [2.45, 2.75) is 40.0 Å². The minimum Gasteiger partial charge on any atom is -0.379 e. The van der Waals surface area contributed by atoms with Crippen LogP contribution in [0.1, 0.15) is 32.0 Å². The van der Waals surface area contributed by atoms with Crippen LogP contribution in [0.25, 0.3) is 0 Å². The third-order valence-corrected chi connectivity index (χ3v) is 2.54. The van der Waals surface area contributed by atoms with Gasteiger partial charge in [0.25, 0.3) is 0 Å². The molecular weight excluding hydrogens is 228 g/mol. The van der Waals surface area contributed by atoms with E-state index in [1.165, 1.54) is 5.56 Å². The summed E-state index contributed by atoms with van der Waals surface area (Å²) in [6.45, 7) is 9.82. The predicted octanol–water partition coefficient (Wildman–Crippen LogP) is 2.13. The van der Waals surface area contributed by atoms with Crippen LogP contribution in [0.3, 0.4) is 0 Å². The lowest BCUT2D eigenvalue weighted by Crippen LogP contribution is -2.16. The lowest BCUT2D eigenvalue weighted by molar-refractivity contribution is -0.0127. The molecule has 1 unspecified atom stereocenters. The molecule has 0 spiro atoms. The molecule has 0 fully saturated rings. The second-order valence-electron chi connectivity index (χ2n) is 4.22. The van der Waals surface area contributed by atoms with Gasteiger partial charge in [-0.15, -0.1) is 0 Å². The van der Waals surface area contributed by atoms with Crippen LogP contribution in [0.4, 0.5) is 0 Å². The topological polar surface area (TPSA) is 43.4 Å². The van der Waals surface area contributed by atoms with Gasteiger partial charge in [-0.1, -0.05) is 13.0 Å². The zero-order chi connectivity index (χ0) is 13.2. The maximum Gasteiger partial charge on any atom is 0.0892 e. The van der Waals surface area contributed by atoms with E-state index in [4.69, 9.17) is 9.47 Å². The Morgan fingerprint density at radius 1 is 1.33 bits per heavy atom. The third-order valence-electron chi connectivity index (χ3n) is 2.54. The van der Waals surface area contributed by atoms with Gasteiger partial charge in [-0.2, -0.15) is 0 Å². The molecule has 0 saturated heterocycles. The van der Waals surface area contributed by atoms with Gasteiger partial charge < -0.3 is 14.8 Å². The van der Waals surface area contributed by atoms with Gasteiger partial charge in [-0.05, 0) is 32.0 Å². The summed E-state index contributed by atoms with van der Waals surface area (Å²) in [5.41, 5.74) is 2.15. The zero-order valence-corrected chi connectivity index (χ0v) is 11.6. The number of rotatable bonds is 9. The molecule has 0 aliphatic carbocycles. The molecule has 0 aliphatic rings. The molecule has 1 aromatic rings. The number of ether oxygens (including phenoxy) is 2. The largest absolute Gasteiger partial charge is 0.379 e. The number of nitrogens with one attached hydrogen (secondary N) is 1. The van der Waals surface area contributed by atoms with Crippen molar-refractivity contribution < 1.29 is 9.47 Å². The molecule has 0 radical (unpaired) electrons. The first kappa shape index (κ1) is 15.1. The van der Waals surface area contributed by atoms with Crippen LogP contribution in [0.2, 0.25) is 0 Å². The quantitative estimate of drug-likeness (QED) is 0.731. The summed E-state index contributed by atoms with van der Waals surface area (Å²) in [6, 6.07) is 4.10. The van der Waals surface area contributed by atoms with Crippen molar-refractivity contribution in [1.82, 2.24) is 10.3 Å². The highest BCUT2D eigenvalue weighted by Gasteiger charge is 2.03. The number of hydrogen-bond acceptors (Lipinski definition) is 4. The summed E-state index contributed by atoms with van der Waals surface area (Å²) in [7, 11) is 0. The predicted molar refractivity (Wildman–Crippen MR) is 72.4 cm³/mol. The van der Waals surface area contributed by atoms with E-state index in [0.29, 0.717) is 13.2 Å². The van der Waals surface area contributed by atoms with E-state index in [2.05, 4.69) is 23.3 Å². The standard InChI is InChI=1S/C14H24N2O2/c1-4-15-8-13-6-7-14(16-9-13)11-18-12(3)10-17-5-2/h6-7,9,12,15H,4-5,8,10-11H2,1-3H3. The highest BCUT2D eigenvalue weighted by molar-refractivity contribution is 5.13. The first-order chi connectivity index (χ1) is 8.76. The molecule has 4 nitrogen and oxygen atoms in total. The van der Waals surface area contributed by atoms with Crippen molar-refractivity contribution in [3.8, 4) is 0 Å². The minimum absolute atomic E-state index is 0.105. The van der Waals surface area contributed by atoms with Gasteiger partial charge in [0.1, 0.15) is 0 Å². The average Bonchev–Trinajstić information content (AvgIpc) is 2.41. The van der Waals surface area contributed by atoms with Crippen molar-refractivity contribution in [1.29, 1.82) is 0 Å². The van der Waals surface area contributed by atoms with E-state index in [9.17, 15) is 0 Å². The molecule has 1 N–H and O–H groups in total. The summed E-state index contributed by atoms with van der Waals surface area (Å²) in [5.74, 6) is 0. The fourth-order valence-electron chi connectivity index (χ4n) is 1.47. The summed E-state index contributed by atoms with van der Waals surface area (Å²) in [6.07, 6.45) is 2.00. The van der Waals surface area contributed by atoms with E-state index in [1.807, 2.05) is 26.1 Å². The van der Waals surface area contributed by atoms with E-state index >= 15 is 0 Å². The van der Waals surface area contributed by atoms with E-state index in [-0.39, 0.29) is 6.10 Å². The maximum atomic E-state index is 5.65. The monoisotopic (exact) mass is 252 g/mol. The van der Waals surface area contributed by atoms with Crippen LogP contribution in [-0.2, 0) is 22.6 Å². The number of pyridine rings is 1. The molecule has 1 heterocycles. The molecule has 1 rings (SSSR count). The molecule has 1 atom stereocenters. The van der Waals surface area contributed by atoms with E-state index in [1.54, 1.807) is 0 Å². The summed E-state index contributed by atoms with van der Waals surface area (Å²) in [4.78, 5) is 4.38.